The normalized spacial score (nSPS) is 25.4. The fraction of sp³-hybridized carbons (Fsp3) is 0.562. The van der Waals surface area contributed by atoms with Gasteiger partial charge in [0.05, 0.1) is 7.11 Å². The molecule has 24 heavy (non-hydrogen) atoms. The molecule has 3 atom stereocenters. The van der Waals surface area contributed by atoms with Crippen molar-refractivity contribution in [2.24, 2.45) is 0 Å². The van der Waals surface area contributed by atoms with Crippen molar-refractivity contribution < 1.29 is 32.5 Å². The quantitative estimate of drug-likeness (QED) is 0.880. The number of hydrogen-bond donors (Lipinski definition) is 2. The van der Waals surface area contributed by atoms with Gasteiger partial charge in [-0.25, -0.2) is 4.79 Å². The van der Waals surface area contributed by atoms with E-state index in [9.17, 15) is 13.2 Å². The van der Waals surface area contributed by atoms with E-state index in [0.717, 1.165) is 24.3 Å². The molecule has 3 rings (SSSR count). The van der Waals surface area contributed by atoms with Gasteiger partial charge in [-0.1, -0.05) is 0 Å². The summed E-state index contributed by atoms with van der Waals surface area (Å²) >= 11 is 0. The first-order valence-corrected chi connectivity index (χ1v) is 7.65. The van der Waals surface area contributed by atoms with Crippen LogP contribution in [0.2, 0.25) is 0 Å². The highest BCUT2D eigenvalue weighted by atomic mass is 19.4. The molecule has 5 nitrogen and oxygen atoms in total. The minimum atomic E-state index is -5.08. The van der Waals surface area contributed by atoms with Crippen LogP contribution in [0.4, 0.5) is 13.2 Å². The number of carboxylic acids is 1. The van der Waals surface area contributed by atoms with Crippen molar-refractivity contribution in [3.8, 4) is 11.5 Å². The third-order valence-corrected chi connectivity index (χ3v) is 4.03. The molecule has 2 bridgehead atoms. The Kier molecular flexibility index (Phi) is 5.93. The molecule has 1 aromatic rings. The predicted octanol–water partition coefficient (Wildman–Crippen LogP) is 2.99. The molecule has 8 heteroatoms. The Hall–Kier alpha value is -1.96. The van der Waals surface area contributed by atoms with Crippen LogP contribution in [-0.4, -0.2) is 42.5 Å². The van der Waals surface area contributed by atoms with Crippen molar-refractivity contribution in [1.29, 1.82) is 0 Å². The number of aliphatic carboxylic acids is 1. The Morgan fingerprint density at radius 1 is 1.12 bits per heavy atom. The highest BCUT2D eigenvalue weighted by Crippen LogP contribution is 2.30. The molecule has 2 aliphatic heterocycles. The largest absolute Gasteiger partial charge is 0.497 e. The molecule has 0 saturated carbocycles. The standard InChI is InChI=1S/C14H19NO2.C2HF3O2/c1-16-12-4-6-13(7-5-12)17-14-8-10-2-3-11(9-14)15-10;3-2(4,5)1(6)7/h4-7,10-11,14-15H,2-3,8-9H2,1H3;(H,6,7)/t10-,11+,14-;. The molecule has 0 amide bonds. The van der Waals surface area contributed by atoms with Gasteiger partial charge in [0.2, 0.25) is 0 Å². The van der Waals surface area contributed by atoms with Gasteiger partial charge >= 0.3 is 12.1 Å². The summed E-state index contributed by atoms with van der Waals surface area (Å²) in [6, 6.07) is 9.23. The van der Waals surface area contributed by atoms with Gasteiger partial charge in [-0.05, 0) is 49.9 Å². The molecule has 0 radical (unpaired) electrons. The van der Waals surface area contributed by atoms with E-state index in [0.29, 0.717) is 18.2 Å². The summed E-state index contributed by atoms with van der Waals surface area (Å²) in [6.07, 6.45) is 0.202. The molecule has 2 aliphatic rings. The molecular weight excluding hydrogens is 327 g/mol. The number of piperidine rings is 1. The van der Waals surface area contributed by atoms with Gasteiger partial charge in [-0.3, -0.25) is 0 Å². The lowest BCUT2D eigenvalue weighted by Crippen LogP contribution is -2.42. The molecule has 0 aromatic heterocycles. The third-order valence-electron chi connectivity index (χ3n) is 4.03. The second-order valence-corrected chi connectivity index (χ2v) is 5.83. The van der Waals surface area contributed by atoms with Crippen molar-refractivity contribution in [1.82, 2.24) is 5.32 Å². The Morgan fingerprint density at radius 2 is 1.58 bits per heavy atom. The maximum Gasteiger partial charge on any atom is 0.490 e. The van der Waals surface area contributed by atoms with Gasteiger partial charge < -0.3 is 19.9 Å². The maximum atomic E-state index is 10.6. The van der Waals surface area contributed by atoms with Gasteiger partial charge in [0.25, 0.3) is 0 Å². The molecule has 2 saturated heterocycles. The van der Waals surface area contributed by atoms with Crippen LogP contribution in [0.1, 0.15) is 25.7 Å². The summed E-state index contributed by atoms with van der Waals surface area (Å²) < 4.78 is 42.9. The number of alkyl halides is 3. The van der Waals surface area contributed by atoms with Crippen molar-refractivity contribution in [3.63, 3.8) is 0 Å². The fourth-order valence-corrected chi connectivity index (χ4v) is 2.95. The van der Waals surface area contributed by atoms with Crippen molar-refractivity contribution in [3.05, 3.63) is 24.3 Å². The van der Waals surface area contributed by atoms with Gasteiger partial charge in [-0.15, -0.1) is 0 Å². The molecule has 2 fully saturated rings. The van der Waals surface area contributed by atoms with Crippen molar-refractivity contribution in [2.45, 2.75) is 50.0 Å². The van der Waals surface area contributed by atoms with Crippen LogP contribution in [0, 0.1) is 0 Å². The maximum absolute atomic E-state index is 10.6. The molecule has 0 aliphatic carbocycles. The van der Waals surface area contributed by atoms with Gasteiger partial charge in [0.1, 0.15) is 17.6 Å². The summed E-state index contributed by atoms with van der Waals surface area (Å²) in [5.74, 6) is -0.924. The van der Waals surface area contributed by atoms with Crippen LogP contribution < -0.4 is 14.8 Å². The van der Waals surface area contributed by atoms with Crippen molar-refractivity contribution >= 4 is 5.97 Å². The molecule has 1 aromatic carbocycles. The highest BCUT2D eigenvalue weighted by molar-refractivity contribution is 5.73. The fourth-order valence-electron chi connectivity index (χ4n) is 2.95. The second kappa shape index (κ2) is 7.74. The predicted molar refractivity (Wildman–Crippen MR) is 80.3 cm³/mol. The monoisotopic (exact) mass is 347 g/mol. The number of nitrogens with one attached hydrogen (secondary N) is 1. The average Bonchev–Trinajstić information content (AvgIpc) is 2.86. The SMILES string of the molecule is COc1ccc(O[C@@H]2C[C@H]3CC[C@@H](C2)N3)cc1.O=C(O)C(F)(F)F. The van der Waals surface area contributed by atoms with Crippen LogP contribution in [0.25, 0.3) is 0 Å². The number of fused-ring (bicyclic) bond motifs is 2. The van der Waals surface area contributed by atoms with E-state index in [1.165, 1.54) is 12.8 Å². The number of carbonyl (C=O) groups is 1. The highest BCUT2D eigenvalue weighted by Gasteiger charge is 2.38. The minimum Gasteiger partial charge on any atom is -0.497 e. The number of hydrogen-bond acceptors (Lipinski definition) is 4. The van der Waals surface area contributed by atoms with E-state index < -0.39 is 12.1 Å². The Bertz CT molecular complexity index is 535. The first kappa shape index (κ1) is 18.4. The zero-order valence-electron chi connectivity index (χ0n) is 13.2. The number of carboxylic acid groups (broad SMARTS) is 1. The number of methoxy groups -OCH3 is 1. The summed E-state index contributed by atoms with van der Waals surface area (Å²) in [4.78, 5) is 8.90. The summed E-state index contributed by atoms with van der Waals surface area (Å²) in [7, 11) is 1.68. The molecule has 2 N–H and O–H groups in total. The van der Waals surface area contributed by atoms with Crippen molar-refractivity contribution in [2.75, 3.05) is 7.11 Å². The average molecular weight is 347 g/mol. The topological polar surface area (TPSA) is 67.8 Å². The first-order valence-electron chi connectivity index (χ1n) is 7.65. The van der Waals surface area contributed by atoms with E-state index in [2.05, 4.69) is 5.32 Å². The lowest BCUT2D eigenvalue weighted by Gasteiger charge is -2.29. The van der Waals surface area contributed by atoms with Crippen LogP contribution >= 0.6 is 0 Å². The number of benzene rings is 1. The number of halogens is 3. The number of rotatable bonds is 3. The summed E-state index contributed by atoms with van der Waals surface area (Å²) in [5.41, 5.74) is 0. The Morgan fingerprint density at radius 3 is 2.00 bits per heavy atom. The third kappa shape index (κ3) is 5.30. The van der Waals surface area contributed by atoms with E-state index in [1.54, 1.807) is 7.11 Å². The zero-order chi connectivity index (χ0) is 17.7. The molecule has 2 heterocycles. The molecule has 0 unspecified atom stereocenters. The van der Waals surface area contributed by atoms with Gasteiger partial charge in [0, 0.05) is 12.1 Å². The minimum absolute atomic E-state index is 0.377. The number of ether oxygens (including phenoxy) is 2. The second-order valence-electron chi connectivity index (χ2n) is 5.83. The van der Waals surface area contributed by atoms with Gasteiger partial charge in [-0.2, -0.15) is 13.2 Å². The summed E-state index contributed by atoms with van der Waals surface area (Å²) in [6.45, 7) is 0. The van der Waals surface area contributed by atoms with E-state index in [-0.39, 0.29) is 0 Å². The zero-order valence-corrected chi connectivity index (χ0v) is 13.2. The lowest BCUT2D eigenvalue weighted by atomic mass is 10.0. The van der Waals surface area contributed by atoms with Gasteiger partial charge in [0.15, 0.2) is 0 Å². The van der Waals surface area contributed by atoms with Crippen LogP contribution in [0.15, 0.2) is 24.3 Å². The molecular formula is C16H20F3NO4. The Balaban J connectivity index is 0.000000256. The van der Waals surface area contributed by atoms with E-state index in [4.69, 9.17) is 19.4 Å². The smallest absolute Gasteiger partial charge is 0.490 e. The Labute approximate surface area is 137 Å². The molecule has 0 spiro atoms. The molecule has 134 valence electrons. The van der Waals surface area contributed by atoms with Crippen LogP contribution in [0.5, 0.6) is 11.5 Å². The first-order chi connectivity index (χ1) is 11.3. The van der Waals surface area contributed by atoms with Crippen LogP contribution in [-0.2, 0) is 4.79 Å². The lowest BCUT2D eigenvalue weighted by molar-refractivity contribution is -0.192. The summed E-state index contributed by atoms with van der Waals surface area (Å²) in [5, 5.41) is 10.7. The van der Waals surface area contributed by atoms with E-state index in [1.807, 2.05) is 24.3 Å². The van der Waals surface area contributed by atoms with E-state index >= 15 is 0 Å². The van der Waals surface area contributed by atoms with Crippen LogP contribution in [0.3, 0.4) is 0 Å².